The number of hydrogen-bond donors (Lipinski definition) is 1. The molecule has 0 heterocycles. The maximum atomic E-state index is 12.3. The van der Waals surface area contributed by atoms with Gasteiger partial charge in [-0.05, 0) is 45.4 Å². The van der Waals surface area contributed by atoms with Crippen molar-refractivity contribution in [3.05, 3.63) is 0 Å². The molecule has 0 radical (unpaired) electrons. The van der Waals surface area contributed by atoms with Gasteiger partial charge in [0.2, 0.25) is 0 Å². The van der Waals surface area contributed by atoms with Crippen LogP contribution in [0.15, 0.2) is 0 Å². The maximum absolute atomic E-state index is 12.3. The standard InChI is InChI=1S/C18H36N2O3/c1-14-8-7-9-15(2)16(14)19-10-11-20(12-13-22-6)17(21)23-18(3,4)5/h14-16,19H,7-13H2,1-6H3. The van der Waals surface area contributed by atoms with Crippen LogP contribution in [0.25, 0.3) is 0 Å². The van der Waals surface area contributed by atoms with E-state index >= 15 is 0 Å². The molecule has 0 aromatic carbocycles. The van der Waals surface area contributed by atoms with Crippen LogP contribution in [0.4, 0.5) is 4.79 Å². The van der Waals surface area contributed by atoms with Gasteiger partial charge in [0.05, 0.1) is 6.61 Å². The van der Waals surface area contributed by atoms with Crippen molar-refractivity contribution < 1.29 is 14.3 Å². The van der Waals surface area contributed by atoms with E-state index in [1.54, 1.807) is 12.0 Å². The molecule has 5 heteroatoms. The van der Waals surface area contributed by atoms with Crippen molar-refractivity contribution in [1.29, 1.82) is 0 Å². The van der Waals surface area contributed by atoms with Gasteiger partial charge in [0.25, 0.3) is 0 Å². The quantitative estimate of drug-likeness (QED) is 0.779. The first kappa shape index (κ1) is 20.2. The van der Waals surface area contributed by atoms with Crippen LogP contribution in [0.2, 0.25) is 0 Å². The molecule has 1 saturated carbocycles. The Kier molecular flexibility index (Phi) is 8.34. The van der Waals surface area contributed by atoms with Gasteiger partial charge in [-0.2, -0.15) is 0 Å². The van der Waals surface area contributed by atoms with Gasteiger partial charge in [-0.15, -0.1) is 0 Å². The minimum atomic E-state index is -0.470. The van der Waals surface area contributed by atoms with Crippen molar-refractivity contribution in [3.8, 4) is 0 Å². The van der Waals surface area contributed by atoms with Crippen LogP contribution in [0.1, 0.15) is 53.9 Å². The number of amides is 1. The summed E-state index contributed by atoms with van der Waals surface area (Å²) in [7, 11) is 1.65. The van der Waals surface area contributed by atoms with E-state index < -0.39 is 5.60 Å². The van der Waals surface area contributed by atoms with E-state index in [0.29, 0.717) is 37.6 Å². The summed E-state index contributed by atoms with van der Waals surface area (Å²) in [6.07, 6.45) is 3.66. The molecule has 1 N–H and O–H groups in total. The van der Waals surface area contributed by atoms with E-state index in [1.807, 2.05) is 20.8 Å². The molecule has 5 nitrogen and oxygen atoms in total. The molecule has 1 rings (SSSR count). The van der Waals surface area contributed by atoms with Gasteiger partial charge >= 0.3 is 6.09 Å². The number of carbonyl (C=O) groups is 1. The fourth-order valence-electron chi connectivity index (χ4n) is 3.27. The number of ether oxygens (including phenoxy) is 2. The van der Waals surface area contributed by atoms with Gasteiger partial charge < -0.3 is 19.7 Å². The van der Waals surface area contributed by atoms with E-state index in [9.17, 15) is 4.79 Å². The molecule has 0 aliphatic heterocycles. The summed E-state index contributed by atoms with van der Waals surface area (Å²) in [5.74, 6) is 1.40. The molecule has 2 atom stereocenters. The first-order chi connectivity index (χ1) is 10.7. The van der Waals surface area contributed by atoms with E-state index in [0.717, 1.165) is 6.54 Å². The molecule has 0 bridgehead atoms. The molecule has 1 fully saturated rings. The Morgan fingerprint density at radius 3 is 2.30 bits per heavy atom. The predicted molar refractivity (Wildman–Crippen MR) is 93.7 cm³/mol. The highest BCUT2D eigenvalue weighted by Crippen LogP contribution is 2.28. The van der Waals surface area contributed by atoms with Crippen LogP contribution < -0.4 is 5.32 Å². The van der Waals surface area contributed by atoms with Gasteiger partial charge in [-0.3, -0.25) is 0 Å². The van der Waals surface area contributed by atoms with Crippen LogP contribution in [-0.4, -0.2) is 56.0 Å². The third-order valence-corrected chi connectivity index (χ3v) is 4.52. The Morgan fingerprint density at radius 2 is 1.78 bits per heavy atom. The van der Waals surface area contributed by atoms with Crippen molar-refractivity contribution in [2.75, 3.05) is 33.4 Å². The van der Waals surface area contributed by atoms with Crippen molar-refractivity contribution in [3.63, 3.8) is 0 Å². The second kappa shape index (κ2) is 9.48. The van der Waals surface area contributed by atoms with Crippen LogP contribution in [0.5, 0.6) is 0 Å². The molecular weight excluding hydrogens is 292 g/mol. The molecular formula is C18H36N2O3. The topological polar surface area (TPSA) is 50.8 Å². The number of nitrogens with zero attached hydrogens (tertiary/aromatic N) is 1. The SMILES string of the molecule is COCCN(CCNC1C(C)CCCC1C)C(=O)OC(C)(C)C. The van der Waals surface area contributed by atoms with Crippen LogP contribution in [-0.2, 0) is 9.47 Å². The minimum absolute atomic E-state index is 0.263. The van der Waals surface area contributed by atoms with Gasteiger partial charge in [-0.25, -0.2) is 4.79 Å². The second-order valence-electron chi connectivity index (χ2n) is 7.83. The normalized spacial score (nSPS) is 25.2. The van der Waals surface area contributed by atoms with Crippen molar-refractivity contribution in [2.24, 2.45) is 11.8 Å². The van der Waals surface area contributed by atoms with E-state index in [1.165, 1.54) is 19.3 Å². The van der Waals surface area contributed by atoms with Gasteiger partial charge in [-0.1, -0.05) is 20.3 Å². The summed E-state index contributed by atoms with van der Waals surface area (Å²) >= 11 is 0. The molecule has 136 valence electrons. The first-order valence-electron chi connectivity index (χ1n) is 8.95. The maximum Gasteiger partial charge on any atom is 0.410 e. The zero-order valence-corrected chi connectivity index (χ0v) is 15.9. The summed E-state index contributed by atoms with van der Waals surface area (Å²) < 4.78 is 10.6. The summed E-state index contributed by atoms with van der Waals surface area (Å²) in [6, 6.07) is 0.548. The summed E-state index contributed by atoms with van der Waals surface area (Å²) in [5, 5.41) is 3.66. The van der Waals surface area contributed by atoms with Crippen molar-refractivity contribution in [2.45, 2.75) is 65.5 Å². The highest BCUT2D eigenvalue weighted by atomic mass is 16.6. The van der Waals surface area contributed by atoms with E-state index in [-0.39, 0.29) is 6.09 Å². The fourth-order valence-corrected chi connectivity index (χ4v) is 3.27. The lowest BCUT2D eigenvalue weighted by atomic mass is 9.79. The molecule has 1 aliphatic carbocycles. The lowest BCUT2D eigenvalue weighted by Gasteiger charge is -2.36. The molecule has 0 aromatic rings. The van der Waals surface area contributed by atoms with Crippen molar-refractivity contribution in [1.82, 2.24) is 10.2 Å². The largest absolute Gasteiger partial charge is 0.444 e. The van der Waals surface area contributed by atoms with Gasteiger partial charge in [0.1, 0.15) is 5.60 Å². The van der Waals surface area contributed by atoms with Crippen LogP contribution in [0.3, 0.4) is 0 Å². The average Bonchev–Trinajstić information content (AvgIpc) is 2.43. The Morgan fingerprint density at radius 1 is 1.17 bits per heavy atom. The van der Waals surface area contributed by atoms with Crippen LogP contribution in [0, 0.1) is 11.8 Å². The molecule has 0 saturated heterocycles. The molecule has 1 amide bonds. The summed E-state index contributed by atoms with van der Waals surface area (Å²) in [5.41, 5.74) is -0.470. The Labute approximate surface area is 142 Å². The number of nitrogens with one attached hydrogen (secondary N) is 1. The van der Waals surface area contributed by atoms with Gasteiger partial charge in [0.15, 0.2) is 0 Å². The third-order valence-electron chi connectivity index (χ3n) is 4.52. The average molecular weight is 328 g/mol. The second-order valence-corrected chi connectivity index (χ2v) is 7.83. The van der Waals surface area contributed by atoms with Crippen LogP contribution >= 0.6 is 0 Å². The Hall–Kier alpha value is -0.810. The number of hydrogen-bond acceptors (Lipinski definition) is 4. The number of rotatable bonds is 7. The molecule has 0 spiro atoms. The zero-order valence-electron chi connectivity index (χ0n) is 15.9. The zero-order chi connectivity index (χ0) is 17.5. The molecule has 2 unspecified atom stereocenters. The Balaban J connectivity index is 2.48. The highest BCUT2D eigenvalue weighted by Gasteiger charge is 2.27. The smallest absolute Gasteiger partial charge is 0.410 e. The van der Waals surface area contributed by atoms with E-state index in [2.05, 4.69) is 19.2 Å². The van der Waals surface area contributed by atoms with Crippen molar-refractivity contribution >= 4 is 6.09 Å². The lowest BCUT2D eigenvalue weighted by Crippen LogP contribution is -2.47. The highest BCUT2D eigenvalue weighted by molar-refractivity contribution is 5.68. The summed E-state index contributed by atoms with van der Waals surface area (Å²) in [4.78, 5) is 14.0. The Bertz CT molecular complexity index is 345. The third kappa shape index (κ3) is 7.53. The minimum Gasteiger partial charge on any atom is -0.444 e. The van der Waals surface area contributed by atoms with Gasteiger partial charge in [0, 0.05) is 32.8 Å². The number of carbonyl (C=O) groups excluding carboxylic acids is 1. The molecule has 23 heavy (non-hydrogen) atoms. The fraction of sp³-hybridized carbons (Fsp3) is 0.944. The predicted octanol–water partition coefficient (Wildman–Crippen LogP) is 3.28. The lowest BCUT2D eigenvalue weighted by molar-refractivity contribution is 0.0199. The summed E-state index contributed by atoms with van der Waals surface area (Å²) in [6.45, 7) is 12.8. The number of methoxy groups -OCH3 is 1. The first-order valence-corrected chi connectivity index (χ1v) is 8.95. The molecule has 0 aromatic heterocycles. The monoisotopic (exact) mass is 328 g/mol. The van der Waals surface area contributed by atoms with E-state index in [4.69, 9.17) is 9.47 Å². The molecule has 1 aliphatic rings.